The number of ketones is 1. The van der Waals surface area contributed by atoms with Crippen molar-refractivity contribution >= 4 is 17.6 Å². The summed E-state index contributed by atoms with van der Waals surface area (Å²) in [6.07, 6.45) is 6.08. The molecule has 1 fully saturated rings. The highest BCUT2D eigenvalue weighted by atomic mass is 16.2. The van der Waals surface area contributed by atoms with Gasteiger partial charge < -0.3 is 5.73 Å². The van der Waals surface area contributed by atoms with Gasteiger partial charge in [-0.05, 0) is 25.7 Å². The van der Waals surface area contributed by atoms with Crippen LogP contribution >= 0.6 is 0 Å². The second-order valence-electron chi connectivity index (χ2n) is 5.00. The smallest absolute Gasteiger partial charge is 0.253 e. The number of Topliss-reactive ketones (excluding diaryl/α,β-unsaturated/α-hetero) is 1. The average molecular weight is 250 g/mol. The maximum atomic E-state index is 11.9. The van der Waals surface area contributed by atoms with Gasteiger partial charge in [-0.25, -0.2) is 0 Å². The highest BCUT2D eigenvalue weighted by Crippen LogP contribution is 2.26. The van der Waals surface area contributed by atoms with E-state index in [1.54, 1.807) is 0 Å². The molecule has 0 aromatic carbocycles. The van der Waals surface area contributed by atoms with Crippen molar-refractivity contribution in [2.24, 2.45) is 11.7 Å². The Balaban J connectivity index is 1.71. The van der Waals surface area contributed by atoms with E-state index in [2.05, 4.69) is 0 Å². The SMILES string of the molecule is N[C@H]1CC[C@@H](C(=O)CCCN2C(=O)C=CC2=O)C1. The molecule has 5 heteroatoms. The number of hydrogen-bond acceptors (Lipinski definition) is 4. The van der Waals surface area contributed by atoms with Crippen molar-refractivity contribution in [2.45, 2.75) is 38.1 Å². The molecule has 98 valence electrons. The lowest BCUT2D eigenvalue weighted by atomic mass is 9.98. The molecular formula is C13H18N2O3. The average Bonchev–Trinajstić information content (AvgIpc) is 2.89. The minimum atomic E-state index is -0.282. The van der Waals surface area contributed by atoms with E-state index in [1.165, 1.54) is 17.1 Å². The number of imide groups is 1. The fraction of sp³-hybridized carbons (Fsp3) is 0.615. The van der Waals surface area contributed by atoms with Crippen LogP contribution in [-0.2, 0) is 14.4 Å². The standard InChI is InChI=1S/C13H18N2O3/c14-10-4-3-9(8-10)11(16)2-1-7-15-12(17)5-6-13(15)18/h5-6,9-10H,1-4,7-8,14H2/t9-,10+/m1/s1. The van der Waals surface area contributed by atoms with Crippen molar-refractivity contribution in [3.05, 3.63) is 12.2 Å². The molecule has 2 aliphatic rings. The van der Waals surface area contributed by atoms with E-state index in [9.17, 15) is 14.4 Å². The van der Waals surface area contributed by atoms with Crippen molar-refractivity contribution < 1.29 is 14.4 Å². The first-order valence-corrected chi connectivity index (χ1v) is 6.40. The Labute approximate surface area is 106 Å². The minimum absolute atomic E-state index is 0.0862. The summed E-state index contributed by atoms with van der Waals surface area (Å²) in [4.78, 5) is 35.6. The Hall–Kier alpha value is -1.49. The minimum Gasteiger partial charge on any atom is -0.328 e. The summed E-state index contributed by atoms with van der Waals surface area (Å²) in [5.41, 5.74) is 5.77. The van der Waals surface area contributed by atoms with Gasteiger partial charge in [-0.1, -0.05) is 0 Å². The highest BCUT2D eigenvalue weighted by molar-refractivity contribution is 6.12. The summed E-state index contributed by atoms with van der Waals surface area (Å²) in [5, 5.41) is 0. The quantitative estimate of drug-likeness (QED) is 0.716. The van der Waals surface area contributed by atoms with Gasteiger partial charge in [0.25, 0.3) is 11.8 Å². The Morgan fingerprint density at radius 3 is 2.50 bits per heavy atom. The van der Waals surface area contributed by atoms with Crippen molar-refractivity contribution in [2.75, 3.05) is 6.54 Å². The lowest BCUT2D eigenvalue weighted by Crippen LogP contribution is -2.31. The number of carbonyl (C=O) groups excluding carboxylic acids is 3. The number of nitrogens with zero attached hydrogens (tertiary/aromatic N) is 1. The lowest BCUT2D eigenvalue weighted by molar-refractivity contribution is -0.137. The maximum absolute atomic E-state index is 11.9. The van der Waals surface area contributed by atoms with E-state index in [4.69, 9.17) is 5.73 Å². The van der Waals surface area contributed by atoms with Gasteiger partial charge in [0, 0.05) is 37.1 Å². The van der Waals surface area contributed by atoms with Gasteiger partial charge in [0.05, 0.1) is 0 Å². The number of carbonyl (C=O) groups is 3. The molecule has 2 rings (SSSR count). The summed E-state index contributed by atoms with van der Waals surface area (Å²) in [5.74, 6) is -0.260. The van der Waals surface area contributed by atoms with Crippen molar-refractivity contribution in [3.8, 4) is 0 Å². The Morgan fingerprint density at radius 1 is 1.28 bits per heavy atom. The Kier molecular flexibility index (Phi) is 3.91. The molecule has 1 heterocycles. The van der Waals surface area contributed by atoms with Crippen LogP contribution in [-0.4, -0.2) is 35.1 Å². The van der Waals surface area contributed by atoms with Crippen LogP contribution in [0.1, 0.15) is 32.1 Å². The fourth-order valence-corrected chi connectivity index (χ4v) is 2.58. The van der Waals surface area contributed by atoms with Gasteiger partial charge in [0.15, 0.2) is 0 Å². The van der Waals surface area contributed by atoms with E-state index in [0.717, 1.165) is 19.3 Å². The molecule has 2 atom stereocenters. The molecule has 0 spiro atoms. The number of rotatable bonds is 5. The molecule has 0 bridgehead atoms. The number of hydrogen-bond donors (Lipinski definition) is 1. The van der Waals surface area contributed by atoms with Gasteiger partial charge >= 0.3 is 0 Å². The normalized spacial score (nSPS) is 27.3. The molecule has 0 unspecified atom stereocenters. The third-order valence-electron chi connectivity index (χ3n) is 3.63. The number of nitrogens with two attached hydrogens (primary N) is 1. The maximum Gasteiger partial charge on any atom is 0.253 e. The van der Waals surface area contributed by atoms with Crippen molar-refractivity contribution in [3.63, 3.8) is 0 Å². The second kappa shape index (κ2) is 5.44. The van der Waals surface area contributed by atoms with Gasteiger partial charge in [-0.2, -0.15) is 0 Å². The lowest BCUT2D eigenvalue weighted by Gasteiger charge is -2.14. The highest BCUT2D eigenvalue weighted by Gasteiger charge is 2.28. The molecule has 18 heavy (non-hydrogen) atoms. The van der Waals surface area contributed by atoms with Gasteiger partial charge in [-0.3, -0.25) is 19.3 Å². The van der Waals surface area contributed by atoms with Crippen molar-refractivity contribution in [1.82, 2.24) is 4.90 Å². The summed E-state index contributed by atoms with van der Waals surface area (Å²) in [6, 6.07) is 0.157. The van der Waals surface area contributed by atoms with Crippen LogP contribution in [0.25, 0.3) is 0 Å². The molecule has 2 N–H and O–H groups in total. The summed E-state index contributed by atoms with van der Waals surface area (Å²) in [7, 11) is 0. The first kappa shape index (κ1) is 13.0. The van der Waals surface area contributed by atoms with Crippen LogP contribution in [0.4, 0.5) is 0 Å². The third-order valence-corrected chi connectivity index (χ3v) is 3.63. The third kappa shape index (κ3) is 2.85. The summed E-state index contributed by atoms with van der Waals surface area (Å²) < 4.78 is 0. The van der Waals surface area contributed by atoms with E-state index < -0.39 is 0 Å². The molecule has 0 saturated heterocycles. The molecule has 5 nitrogen and oxygen atoms in total. The van der Waals surface area contributed by atoms with Gasteiger partial charge in [-0.15, -0.1) is 0 Å². The fourth-order valence-electron chi connectivity index (χ4n) is 2.58. The topological polar surface area (TPSA) is 80.5 Å². The zero-order valence-corrected chi connectivity index (χ0v) is 10.3. The van der Waals surface area contributed by atoms with Gasteiger partial charge in [0.1, 0.15) is 5.78 Å². The summed E-state index contributed by atoms with van der Waals surface area (Å²) >= 11 is 0. The van der Waals surface area contributed by atoms with E-state index in [0.29, 0.717) is 19.4 Å². The monoisotopic (exact) mass is 250 g/mol. The molecule has 2 amide bonds. The zero-order valence-electron chi connectivity index (χ0n) is 10.3. The van der Waals surface area contributed by atoms with E-state index in [1.807, 2.05) is 0 Å². The predicted molar refractivity (Wildman–Crippen MR) is 65.4 cm³/mol. The van der Waals surface area contributed by atoms with Crippen LogP contribution in [0.3, 0.4) is 0 Å². The first-order chi connectivity index (χ1) is 8.58. The Morgan fingerprint density at radius 2 is 1.94 bits per heavy atom. The zero-order chi connectivity index (χ0) is 13.1. The van der Waals surface area contributed by atoms with Crippen LogP contribution < -0.4 is 5.73 Å². The van der Waals surface area contributed by atoms with Crippen molar-refractivity contribution in [1.29, 1.82) is 0 Å². The van der Waals surface area contributed by atoms with E-state index >= 15 is 0 Å². The molecular weight excluding hydrogens is 232 g/mol. The van der Waals surface area contributed by atoms with Crippen LogP contribution in [0.5, 0.6) is 0 Å². The molecule has 1 aliphatic heterocycles. The van der Waals surface area contributed by atoms with Crippen LogP contribution in [0.15, 0.2) is 12.2 Å². The second-order valence-corrected chi connectivity index (χ2v) is 5.00. The number of amides is 2. The Bertz CT molecular complexity index is 385. The molecule has 1 aliphatic carbocycles. The van der Waals surface area contributed by atoms with E-state index in [-0.39, 0.29) is 29.6 Å². The molecule has 0 radical (unpaired) electrons. The molecule has 0 aromatic heterocycles. The first-order valence-electron chi connectivity index (χ1n) is 6.40. The molecule has 1 saturated carbocycles. The predicted octanol–water partition coefficient (Wildman–Crippen LogP) is 0.388. The largest absolute Gasteiger partial charge is 0.328 e. The van der Waals surface area contributed by atoms with Crippen LogP contribution in [0, 0.1) is 5.92 Å². The van der Waals surface area contributed by atoms with Crippen LogP contribution in [0.2, 0.25) is 0 Å². The molecule has 0 aromatic rings. The summed E-state index contributed by atoms with van der Waals surface area (Å²) in [6.45, 7) is 0.329. The van der Waals surface area contributed by atoms with Gasteiger partial charge in [0.2, 0.25) is 0 Å².